The first-order chi connectivity index (χ1) is 2.50. The Labute approximate surface area is 39.1 Å². The molecule has 0 fully saturated rings. The van der Waals surface area contributed by atoms with Crippen molar-refractivity contribution in [2.45, 2.75) is 11.6 Å². The molecule has 0 saturated heterocycles. The van der Waals surface area contributed by atoms with Gasteiger partial charge in [0.25, 0.3) is 0 Å². The first-order valence-electron chi connectivity index (χ1n) is 1.68. The fourth-order valence-electron chi connectivity index (χ4n) is 0.289. The molecule has 1 heterocycles. The molecule has 1 rings (SSSR count). The number of rotatable bonds is 0. The topological polar surface area (TPSA) is 0 Å². The Hall–Kier alpha value is 0.858. The van der Waals surface area contributed by atoms with Crippen LogP contribution in [0.4, 0.5) is 0 Å². The van der Waals surface area contributed by atoms with E-state index in [1.54, 1.807) is 6.32 Å². The van der Waals surface area contributed by atoms with E-state index in [4.69, 9.17) is 0 Å². The summed E-state index contributed by atoms with van der Waals surface area (Å²) in [6, 6.07) is 0. The maximum absolute atomic E-state index is 2.38. The van der Waals surface area contributed by atoms with Crippen molar-refractivity contribution in [2.75, 3.05) is 0 Å². The zero-order chi connectivity index (χ0) is 3.54. The van der Waals surface area contributed by atoms with Crippen LogP contribution in [0.2, 0.25) is 5.21 Å². The summed E-state index contributed by atoms with van der Waals surface area (Å²) in [4.78, 5) is 0. The van der Waals surface area contributed by atoms with Gasteiger partial charge in [0, 0.05) is 0 Å². The molecule has 0 aromatic rings. The summed E-state index contributed by atoms with van der Waals surface area (Å²) in [6.07, 6.45) is 3.06. The molecule has 0 aromatic heterocycles. The summed E-state index contributed by atoms with van der Waals surface area (Å²) in [6.45, 7) is 0. The van der Waals surface area contributed by atoms with Gasteiger partial charge < -0.3 is 0 Å². The second-order valence-electron chi connectivity index (χ2n) is 0.952. The fraction of sp³-hybridized carbons (Fsp3) is 0.667. The van der Waals surface area contributed by atoms with Gasteiger partial charge in [0.05, 0.1) is 0 Å². The van der Waals surface area contributed by atoms with E-state index >= 15 is 0 Å². The van der Waals surface area contributed by atoms with Gasteiger partial charge in [-0.1, -0.05) is 0 Å². The van der Waals surface area contributed by atoms with Crippen LogP contribution < -0.4 is 0 Å². The molecule has 1 aliphatic rings. The van der Waals surface area contributed by atoms with Crippen molar-refractivity contribution < 1.29 is 0 Å². The van der Waals surface area contributed by atoms with Crippen LogP contribution in [-0.4, -0.2) is 20.6 Å². The summed E-state index contributed by atoms with van der Waals surface area (Å²) >= 11 is 0.771. The quantitative estimate of drug-likeness (QED) is 0.356. The average molecular weight is 147 g/mol. The van der Waals surface area contributed by atoms with E-state index in [1.807, 2.05) is 0 Å². The standard InChI is InChI=1S/C3H5AsP/c1-2-4-5-3-1/h3H,1-2H2/q+1. The molecule has 0 N–H and O–H groups in total. The van der Waals surface area contributed by atoms with Crippen molar-refractivity contribution >= 4 is 26.9 Å². The third-order valence-corrected chi connectivity index (χ3v) is 5.16. The molecule has 1 aliphatic heterocycles. The molecular weight excluding hydrogens is 142 g/mol. The molecule has 5 heavy (non-hydrogen) atoms. The van der Waals surface area contributed by atoms with Crippen molar-refractivity contribution in [1.82, 2.24) is 0 Å². The predicted octanol–water partition coefficient (Wildman–Crippen LogP) is 1.18. The van der Waals surface area contributed by atoms with Gasteiger partial charge in [-0.3, -0.25) is 0 Å². The second kappa shape index (κ2) is 2.11. The van der Waals surface area contributed by atoms with Gasteiger partial charge in [-0.15, -0.1) is 0 Å². The molecule has 0 radical (unpaired) electrons. The molecule has 0 bridgehead atoms. The van der Waals surface area contributed by atoms with Crippen LogP contribution in [0.15, 0.2) is 0 Å². The first-order valence-corrected chi connectivity index (χ1v) is 6.44. The van der Waals surface area contributed by atoms with Crippen molar-refractivity contribution in [1.29, 1.82) is 0 Å². The third-order valence-electron chi connectivity index (χ3n) is 0.521. The predicted molar refractivity (Wildman–Crippen MR) is 28.2 cm³/mol. The molecule has 0 saturated carbocycles. The van der Waals surface area contributed by atoms with E-state index in [1.165, 1.54) is 11.6 Å². The van der Waals surface area contributed by atoms with E-state index in [9.17, 15) is 0 Å². The van der Waals surface area contributed by atoms with Crippen molar-refractivity contribution in [2.24, 2.45) is 0 Å². The fourth-order valence-corrected chi connectivity index (χ4v) is 4.50. The van der Waals surface area contributed by atoms with Gasteiger partial charge in [-0.2, -0.15) is 0 Å². The van der Waals surface area contributed by atoms with E-state index in [0.29, 0.717) is 0 Å². The Kier molecular flexibility index (Phi) is 1.70. The van der Waals surface area contributed by atoms with Crippen molar-refractivity contribution in [3.8, 4) is 0 Å². The van der Waals surface area contributed by atoms with E-state index < -0.39 is 0 Å². The van der Waals surface area contributed by atoms with E-state index in [-0.39, 0.29) is 0 Å². The summed E-state index contributed by atoms with van der Waals surface area (Å²) in [7, 11) is 0. The zero-order valence-electron chi connectivity index (χ0n) is 2.89. The molecule has 26 valence electrons. The molecule has 0 nitrogen and oxygen atoms in total. The minimum absolute atomic E-state index is 0.771. The van der Waals surface area contributed by atoms with Crippen LogP contribution in [0.5, 0.6) is 0 Å². The molecular formula is C3H5AsP+. The maximum atomic E-state index is 2.38. The Bertz CT molecular complexity index is 72.9. The van der Waals surface area contributed by atoms with Gasteiger partial charge in [-0.05, 0) is 0 Å². The molecule has 0 aliphatic carbocycles. The summed E-state index contributed by atoms with van der Waals surface area (Å²) < 4.78 is 0. The normalized spacial score (nSPS) is 22.4. The Balaban J connectivity index is 2.64. The van der Waals surface area contributed by atoms with E-state index in [0.717, 1.165) is 14.8 Å². The van der Waals surface area contributed by atoms with Crippen molar-refractivity contribution in [3.05, 3.63) is 0 Å². The van der Waals surface area contributed by atoms with Crippen molar-refractivity contribution in [3.63, 3.8) is 0 Å². The Morgan fingerprint density at radius 1 is 1.80 bits per heavy atom. The third kappa shape index (κ3) is 1.16. The van der Waals surface area contributed by atoms with Crippen LogP contribution in [-0.2, 0) is 0 Å². The second-order valence-corrected chi connectivity index (χ2v) is 6.00. The Morgan fingerprint density at radius 2 is 2.80 bits per heavy atom. The molecule has 0 aromatic carbocycles. The molecule has 0 atom stereocenters. The van der Waals surface area contributed by atoms with Gasteiger partial charge in [0.1, 0.15) is 0 Å². The van der Waals surface area contributed by atoms with Crippen LogP contribution >= 0.6 is 6.32 Å². The zero-order valence-corrected chi connectivity index (χ0v) is 5.66. The van der Waals surface area contributed by atoms with Crippen LogP contribution in [0.1, 0.15) is 6.42 Å². The van der Waals surface area contributed by atoms with Gasteiger partial charge in [0.2, 0.25) is 0 Å². The summed E-state index contributed by atoms with van der Waals surface area (Å²) in [5.74, 6) is 2.38. The van der Waals surface area contributed by atoms with Crippen LogP contribution in [0.25, 0.3) is 0 Å². The minimum atomic E-state index is 0.771. The van der Waals surface area contributed by atoms with E-state index in [2.05, 4.69) is 5.80 Å². The molecule has 0 amide bonds. The monoisotopic (exact) mass is 147 g/mol. The summed E-state index contributed by atoms with van der Waals surface area (Å²) in [5, 5.41) is 1.53. The SMILES string of the molecule is C1=[P+]=[As]CC1. The first kappa shape index (κ1) is 4.03. The molecule has 2 heteroatoms. The Morgan fingerprint density at radius 3 is 3.00 bits per heavy atom. The van der Waals surface area contributed by atoms with Crippen LogP contribution in [0, 0.1) is 0 Å². The number of hydrogen-bond donors (Lipinski definition) is 0. The molecule has 0 unspecified atom stereocenters. The molecule has 0 spiro atoms. The average Bonchev–Trinajstić information content (AvgIpc) is 1.76. The van der Waals surface area contributed by atoms with Gasteiger partial charge in [0.15, 0.2) is 0 Å². The van der Waals surface area contributed by atoms with Crippen LogP contribution in [0.3, 0.4) is 0 Å². The number of hydrogen-bond acceptors (Lipinski definition) is 0. The van der Waals surface area contributed by atoms with Gasteiger partial charge in [-0.25, -0.2) is 0 Å². The van der Waals surface area contributed by atoms with Gasteiger partial charge >= 0.3 is 38.6 Å². The summed E-state index contributed by atoms with van der Waals surface area (Å²) in [5.41, 5.74) is 0.